The number of guanidine groups is 1. The Kier molecular flexibility index (Phi) is 17.0. The van der Waals surface area contributed by atoms with Gasteiger partial charge in [-0.25, -0.2) is 0 Å². The smallest absolute Gasteiger partial charge is 0.242 e. The summed E-state index contributed by atoms with van der Waals surface area (Å²) in [4.78, 5) is 22.7. The lowest BCUT2D eigenvalue weighted by Crippen LogP contribution is -2.45. The summed E-state index contributed by atoms with van der Waals surface area (Å²) in [7, 11) is 5.66. The van der Waals surface area contributed by atoms with Crippen molar-refractivity contribution in [3.05, 3.63) is 0 Å². The molecular weight excluding hydrogens is 421 g/mol. The SMILES string of the molecule is CCNC(=NCCN(C)CCOC)N(C)CC(=O)N(CC)CC.I. The van der Waals surface area contributed by atoms with Crippen molar-refractivity contribution < 1.29 is 9.53 Å². The molecule has 0 heterocycles. The molecule has 0 aliphatic heterocycles. The van der Waals surface area contributed by atoms with E-state index < -0.39 is 0 Å². The van der Waals surface area contributed by atoms with Crippen LogP contribution in [0.4, 0.5) is 0 Å². The fourth-order valence-corrected chi connectivity index (χ4v) is 2.11. The van der Waals surface area contributed by atoms with Gasteiger partial charge >= 0.3 is 0 Å². The van der Waals surface area contributed by atoms with Crippen LogP contribution in [-0.2, 0) is 9.53 Å². The summed E-state index contributed by atoms with van der Waals surface area (Å²) in [6.45, 7) is 11.8. The van der Waals surface area contributed by atoms with Crippen LogP contribution in [-0.4, -0.2) is 100 Å². The number of nitrogens with one attached hydrogen (secondary N) is 1. The highest BCUT2D eigenvalue weighted by atomic mass is 127. The molecule has 0 aromatic heterocycles. The molecule has 0 fully saturated rings. The highest BCUT2D eigenvalue weighted by Gasteiger charge is 2.14. The van der Waals surface area contributed by atoms with E-state index in [1.807, 2.05) is 37.6 Å². The predicted octanol–water partition coefficient (Wildman–Crippen LogP) is 0.948. The number of halogens is 1. The number of hydrogen-bond acceptors (Lipinski definition) is 4. The highest BCUT2D eigenvalue weighted by molar-refractivity contribution is 14.0. The second-order valence-corrected chi connectivity index (χ2v) is 5.45. The zero-order valence-corrected chi connectivity index (χ0v) is 18.5. The van der Waals surface area contributed by atoms with E-state index in [4.69, 9.17) is 4.74 Å². The largest absolute Gasteiger partial charge is 0.383 e. The molecule has 0 spiro atoms. The number of ether oxygens (including phenoxy) is 1. The first-order valence-corrected chi connectivity index (χ1v) is 8.44. The van der Waals surface area contributed by atoms with Crippen LogP contribution in [0.3, 0.4) is 0 Å². The minimum absolute atomic E-state index is 0. The zero-order chi connectivity index (χ0) is 17.7. The van der Waals surface area contributed by atoms with Crippen molar-refractivity contribution in [2.45, 2.75) is 20.8 Å². The number of methoxy groups -OCH3 is 1. The van der Waals surface area contributed by atoms with Gasteiger partial charge in [0.25, 0.3) is 0 Å². The van der Waals surface area contributed by atoms with Gasteiger partial charge in [0.2, 0.25) is 5.91 Å². The fourth-order valence-electron chi connectivity index (χ4n) is 2.11. The Labute approximate surface area is 164 Å². The molecule has 144 valence electrons. The maximum absolute atomic E-state index is 12.2. The molecule has 8 heteroatoms. The molecule has 0 rings (SSSR count). The van der Waals surface area contributed by atoms with Crippen LogP contribution < -0.4 is 5.32 Å². The van der Waals surface area contributed by atoms with E-state index in [9.17, 15) is 4.79 Å². The molecular formula is C16H36IN5O2. The van der Waals surface area contributed by atoms with E-state index in [1.54, 1.807) is 7.11 Å². The minimum atomic E-state index is 0. The molecule has 24 heavy (non-hydrogen) atoms. The van der Waals surface area contributed by atoms with Gasteiger partial charge in [-0.15, -0.1) is 24.0 Å². The highest BCUT2D eigenvalue weighted by Crippen LogP contribution is 1.94. The van der Waals surface area contributed by atoms with Gasteiger partial charge in [-0.1, -0.05) is 0 Å². The van der Waals surface area contributed by atoms with Crippen LogP contribution in [0.25, 0.3) is 0 Å². The van der Waals surface area contributed by atoms with E-state index in [0.29, 0.717) is 13.1 Å². The molecule has 0 radical (unpaired) electrons. The second-order valence-electron chi connectivity index (χ2n) is 5.45. The maximum atomic E-state index is 12.2. The molecule has 1 amide bonds. The molecule has 0 atom stereocenters. The Morgan fingerprint density at radius 2 is 1.75 bits per heavy atom. The standard InChI is InChI=1S/C16H35N5O2.HI/c1-7-17-16(18-10-11-19(4)12-13-23-6)20(5)14-15(22)21(8-2)9-3;/h7-14H2,1-6H3,(H,17,18);1H. The summed E-state index contributed by atoms with van der Waals surface area (Å²) in [6.07, 6.45) is 0. The molecule has 7 nitrogen and oxygen atoms in total. The third kappa shape index (κ3) is 11.0. The van der Waals surface area contributed by atoms with Crippen molar-refractivity contribution >= 4 is 35.8 Å². The van der Waals surface area contributed by atoms with Crippen molar-refractivity contribution in [1.82, 2.24) is 20.0 Å². The summed E-state index contributed by atoms with van der Waals surface area (Å²) in [6, 6.07) is 0. The first-order valence-electron chi connectivity index (χ1n) is 8.44. The Bertz CT molecular complexity index is 351. The summed E-state index contributed by atoms with van der Waals surface area (Å²) >= 11 is 0. The lowest BCUT2D eigenvalue weighted by Gasteiger charge is -2.26. The summed E-state index contributed by atoms with van der Waals surface area (Å²) in [5, 5.41) is 3.24. The van der Waals surface area contributed by atoms with Crippen LogP contribution in [0, 0.1) is 0 Å². The number of carbonyl (C=O) groups is 1. The van der Waals surface area contributed by atoms with Crippen LogP contribution in [0.1, 0.15) is 20.8 Å². The number of nitrogens with zero attached hydrogens (tertiary/aromatic N) is 4. The molecule has 0 unspecified atom stereocenters. The minimum Gasteiger partial charge on any atom is -0.383 e. The van der Waals surface area contributed by atoms with E-state index in [-0.39, 0.29) is 29.9 Å². The summed E-state index contributed by atoms with van der Waals surface area (Å²) in [5.41, 5.74) is 0. The normalized spacial score (nSPS) is 11.2. The molecule has 0 saturated carbocycles. The average Bonchev–Trinajstić information content (AvgIpc) is 2.53. The number of likely N-dealkylation sites (N-methyl/N-ethyl adjacent to an activating group) is 3. The molecule has 1 N–H and O–H groups in total. The van der Waals surface area contributed by atoms with Gasteiger partial charge in [0.05, 0.1) is 19.7 Å². The van der Waals surface area contributed by atoms with Crippen molar-refractivity contribution in [3.8, 4) is 0 Å². The number of rotatable bonds is 11. The van der Waals surface area contributed by atoms with Gasteiger partial charge in [-0.2, -0.15) is 0 Å². The average molecular weight is 457 g/mol. The first kappa shape index (κ1) is 25.6. The number of amides is 1. The number of hydrogen-bond donors (Lipinski definition) is 1. The quantitative estimate of drug-likeness (QED) is 0.285. The first-order chi connectivity index (χ1) is 11.0. The molecule has 0 bridgehead atoms. The predicted molar refractivity (Wildman–Crippen MR) is 111 cm³/mol. The fraction of sp³-hybridized carbons (Fsp3) is 0.875. The molecule has 0 saturated heterocycles. The van der Waals surface area contributed by atoms with Crippen LogP contribution in [0.5, 0.6) is 0 Å². The van der Waals surface area contributed by atoms with E-state index >= 15 is 0 Å². The lowest BCUT2D eigenvalue weighted by atomic mass is 10.4. The topological polar surface area (TPSA) is 60.4 Å². The van der Waals surface area contributed by atoms with Gasteiger partial charge in [0.15, 0.2) is 5.96 Å². The van der Waals surface area contributed by atoms with Gasteiger partial charge < -0.3 is 24.8 Å². The number of aliphatic imine (C=N–C) groups is 1. The lowest BCUT2D eigenvalue weighted by molar-refractivity contribution is -0.131. The third-order valence-corrected chi connectivity index (χ3v) is 3.61. The Morgan fingerprint density at radius 3 is 2.25 bits per heavy atom. The van der Waals surface area contributed by atoms with E-state index in [0.717, 1.165) is 45.3 Å². The second kappa shape index (κ2) is 15.9. The monoisotopic (exact) mass is 457 g/mol. The Hall–Kier alpha value is -0.610. The van der Waals surface area contributed by atoms with E-state index in [2.05, 4.69) is 22.3 Å². The van der Waals surface area contributed by atoms with E-state index in [1.165, 1.54) is 0 Å². The van der Waals surface area contributed by atoms with Gasteiger partial charge in [0, 0.05) is 46.9 Å². The van der Waals surface area contributed by atoms with Crippen LogP contribution >= 0.6 is 24.0 Å². The van der Waals surface area contributed by atoms with Gasteiger partial charge in [-0.05, 0) is 27.8 Å². The van der Waals surface area contributed by atoms with Crippen molar-refractivity contribution in [3.63, 3.8) is 0 Å². The molecule has 0 aliphatic carbocycles. The van der Waals surface area contributed by atoms with Gasteiger partial charge in [-0.3, -0.25) is 9.79 Å². The molecule has 0 aliphatic rings. The zero-order valence-electron chi connectivity index (χ0n) is 16.2. The van der Waals surface area contributed by atoms with Crippen molar-refractivity contribution in [2.75, 3.05) is 73.6 Å². The third-order valence-electron chi connectivity index (χ3n) is 3.61. The summed E-state index contributed by atoms with van der Waals surface area (Å²) in [5.74, 6) is 0.897. The molecule has 0 aromatic carbocycles. The Balaban J connectivity index is 0. The van der Waals surface area contributed by atoms with Crippen molar-refractivity contribution in [1.29, 1.82) is 0 Å². The van der Waals surface area contributed by atoms with Crippen LogP contribution in [0.2, 0.25) is 0 Å². The number of carbonyl (C=O) groups excluding carboxylic acids is 1. The van der Waals surface area contributed by atoms with Crippen molar-refractivity contribution in [2.24, 2.45) is 4.99 Å². The Morgan fingerprint density at radius 1 is 1.12 bits per heavy atom. The molecule has 0 aromatic rings. The summed E-state index contributed by atoms with van der Waals surface area (Å²) < 4.78 is 5.06. The maximum Gasteiger partial charge on any atom is 0.242 e. The van der Waals surface area contributed by atoms with Gasteiger partial charge in [0.1, 0.15) is 0 Å². The van der Waals surface area contributed by atoms with Crippen LogP contribution in [0.15, 0.2) is 4.99 Å².